The third kappa shape index (κ3) is 2.56. The molecule has 0 saturated carbocycles. The molecule has 1 N–H and O–H groups in total. The molecule has 1 aromatic heterocycles. The highest BCUT2D eigenvalue weighted by Gasteiger charge is 2.27. The lowest BCUT2D eigenvalue weighted by molar-refractivity contribution is 0.101. The molecule has 1 aliphatic heterocycles. The topological polar surface area (TPSA) is 42.1 Å². The van der Waals surface area contributed by atoms with Crippen LogP contribution < -0.4 is 4.74 Å². The smallest absolute Gasteiger partial charge is 0.231 e. The Morgan fingerprint density at radius 3 is 2.43 bits per heavy atom. The van der Waals surface area contributed by atoms with E-state index < -0.39 is 0 Å². The van der Waals surface area contributed by atoms with Crippen LogP contribution in [0.25, 0.3) is 39.0 Å². The molecule has 0 radical (unpaired) electrons. The van der Waals surface area contributed by atoms with E-state index in [2.05, 4.69) is 41.4 Å². The van der Waals surface area contributed by atoms with Gasteiger partial charge in [0.15, 0.2) is 5.76 Å². The van der Waals surface area contributed by atoms with Gasteiger partial charge in [0.25, 0.3) is 0 Å². The first-order valence-electron chi connectivity index (χ1n) is 9.91. The highest BCUT2D eigenvalue weighted by atomic mass is 16.5. The van der Waals surface area contributed by atoms with Crippen molar-refractivity contribution in [3.8, 4) is 17.0 Å². The van der Waals surface area contributed by atoms with E-state index in [1.807, 2.05) is 54.6 Å². The van der Waals surface area contributed by atoms with E-state index in [-0.39, 0.29) is 5.78 Å². The normalized spacial score (nSPS) is 14.4. The molecule has 0 saturated heterocycles. The quantitative estimate of drug-likeness (QED) is 0.347. The fraction of sp³-hybridized carbons (Fsp3) is 0. The summed E-state index contributed by atoms with van der Waals surface area (Å²) in [4.78, 5) is 16.4. The van der Waals surface area contributed by atoms with Crippen molar-refractivity contribution >= 4 is 33.5 Å². The number of aromatic amines is 1. The maximum absolute atomic E-state index is 12.9. The molecule has 2 heterocycles. The number of Topliss-reactive ketones (excluding diaryl/α,β-unsaturated/α-hetero) is 1. The maximum atomic E-state index is 12.9. The fourth-order valence-corrected chi connectivity index (χ4v) is 4.15. The lowest BCUT2D eigenvalue weighted by Gasteiger charge is -2.05. The number of H-pyrrole nitrogens is 1. The molecule has 142 valence electrons. The molecule has 30 heavy (non-hydrogen) atoms. The first-order chi connectivity index (χ1) is 14.8. The lowest BCUT2D eigenvalue weighted by atomic mass is 10.0. The summed E-state index contributed by atoms with van der Waals surface area (Å²) in [7, 11) is 0. The van der Waals surface area contributed by atoms with E-state index in [0.29, 0.717) is 17.1 Å². The van der Waals surface area contributed by atoms with Gasteiger partial charge in [-0.05, 0) is 46.7 Å². The van der Waals surface area contributed by atoms with Crippen LogP contribution in [-0.2, 0) is 0 Å². The SMILES string of the molecule is O=C1/C(=C/c2c(-c3ccc4ccccc4c3)[nH]c3ccccc23)Oc2ccccc21. The Bertz CT molecular complexity index is 1490. The van der Waals surface area contributed by atoms with Gasteiger partial charge in [-0.25, -0.2) is 0 Å². The van der Waals surface area contributed by atoms with Crippen LogP contribution >= 0.6 is 0 Å². The van der Waals surface area contributed by atoms with Crippen LogP contribution in [0, 0.1) is 0 Å². The summed E-state index contributed by atoms with van der Waals surface area (Å²) < 4.78 is 5.90. The summed E-state index contributed by atoms with van der Waals surface area (Å²) in [6.07, 6.45) is 1.87. The Morgan fingerprint density at radius 1 is 0.767 bits per heavy atom. The van der Waals surface area contributed by atoms with Crippen molar-refractivity contribution in [3.63, 3.8) is 0 Å². The number of fused-ring (bicyclic) bond motifs is 3. The zero-order chi connectivity index (χ0) is 20.1. The van der Waals surface area contributed by atoms with Crippen molar-refractivity contribution in [2.75, 3.05) is 0 Å². The van der Waals surface area contributed by atoms with E-state index in [0.717, 1.165) is 27.7 Å². The third-order valence-electron chi connectivity index (χ3n) is 5.64. The van der Waals surface area contributed by atoms with Crippen LogP contribution in [0.2, 0.25) is 0 Å². The number of allylic oxidation sites excluding steroid dienone is 1. The molecule has 5 aromatic rings. The number of benzene rings is 4. The zero-order valence-corrected chi connectivity index (χ0v) is 16.1. The van der Waals surface area contributed by atoms with Crippen molar-refractivity contribution in [1.82, 2.24) is 4.98 Å². The number of carbonyl (C=O) groups is 1. The molecule has 0 aliphatic carbocycles. The predicted octanol–water partition coefficient (Wildman–Crippen LogP) is 6.60. The highest BCUT2D eigenvalue weighted by molar-refractivity contribution is 6.15. The second-order valence-electron chi connectivity index (χ2n) is 7.46. The number of hydrogen-bond donors (Lipinski definition) is 1. The van der Waals surface area contributed by atoms with Crippen molar-refractivity contribution in [3.05, 3.63) is 108 Å². The second kappa shape index (κ2) is 6.46. The van der Waals surface area contributed by atoms with Crippen LogP contribution in [0.3, 0.4) is 0 Å². The monoisotopic (exact) mass is 387 g/mol. The Hall–Kier alpha value is -4.11. The van der Waals surface area contributed by atoms with Crippen molar-refractivity contribution in [2.24, 2.45) is 0 Å². The van der Waals surface area contributed by atoms with Crippen molar-refractivity contribution in [1.29, 1.82) is 0 Å². The number of para-hydroxylation sites is 2. The minimum absolute atomic E-state index is 0.0830. The minimum Gasteiger partial charge on any atom is -0.452 e. The molecular weight excluding hydrogens is 370 g/mol. The molecule has 0 atom stereocenters. The Balaban J connectivity index is 1.56. The largest absolute Gasteiger partial charge is 0.452 e. The van der Waals surface area contributed by atoms with Gasteiger partial charge in [-0.15, -0.1) is 0 Å². The average Bonchev–Trinajstić information content (AvgIpc) is 3.32. The van der Waals surface area contributed by atoms with Crippen molar-refractivity contribution < 1.29 is 9.53 Å². The molecule has 3 nitrogen and oxygen atoms in total. The molecule has 1 aliphatic rings. The van der Waals surface area contributed by atoms with E-state index in [9.17, 15) is 4.79 Å². The number of hydrogen-bond acceptors (Lipinski definition) is 2. The maximum Gasteiger partial charge on any atom is 0.231 e. The van der Waals surface area contributed by atoms with Gasteiger partial charge < -0.3 is 9.72 Å². The molecule has 0 amide bonds. The van der Waals surface area contributed by atoms with Crippen molar-refractivity contribution in [2.45, 2.75) is 0 Å². The minimum atomic E-state index is -0.0830. The Morgan fingerprint density at radius 2 is 1.53 bits per heavy atom. The number of ether oxygens (including phenoxy) is 1. The van der Waals surface area contributed by atoms with E-state index in [1.165, 1.54) is 10.8 Å². The predicted molar refractivity (Wildman–Crippen MR) is 121 cm³/mol. The lowest BCUT2D eigenvalue weighted by Crippen LogP contribution is -1.98. The summed E-state index contributed by atoms with van der Waals surface area (Å²) in [5.74, 6) is 0.879. The summed E-state index contributed by atoms with van der Waals surface area (Å²) in [5.41, 5.74) is 4.63. The van der Waals surface area contributed by atoms with Crippen LogP contribution in [0.15, 0.2) is 96.8 Å². The van der Waals surface area contributed by atoms with E-state index in [1.54, 1.807) is 6.07 Å². The number of carbonyl (C=O) groups excluding carboxylic acids is 1. The van der Waals surface area contributed by atoms with Gasteiger partial charge in [0.05, 0.1) is 11.3 Å². The van der Waals surface area contributed by atoms with Gasteiger partial charge in [-0.3, -0.25) is 4.79 Å². The third-order valence-corrected chi connectivity index (χ3v) is 5.64. The molecule has 0 spiro atoms. The molecule has 3 heteroatoms. The molecule has 0 bridgehead atoms. The summed E-state index contributed by atoms with van der Waals surface area (Å²) in [6.45, 7) is 0. The number of aromatic nitrogens is 1. The number of rotatable bonds is 2. The van der Waals surface area contributed by atoms with Crippen LogP contribution in [0.4, 0.5) is 0 Å². The number of nitrogens with one attached hydrogen (secondary N) is 1. The van der Waals surface area contributed by atoms with Gasteiger partial charge in [-0.1, -0.05) is 66.7 Å². The first-order valence-corrected chi connectivity index (χ1v) is 9.91. The standard InChI is InChI=1S/C27H17NO2/c29-27-21-10-4-6-12-24(21)30-25(27)16-22-20-9-3-5-11-23(20)28-26(22)19-14-13-17-7-1-2-8-18(17)15-19/h1-16,28H/b25-16-. The molecule has 0 fully saturated rings. The Kier molecular flexibility index (Phi) is 3.62. The summed E-state index contributed by atoms with van der Waals surface area (Å²) in [6, 6.07) is 30.2. The Labute approximate surface area is 173 Å². The van der Waals surface area contributed by atoms with E-state index in [4.69, 9.17) is 4.74 Å². The van der Waals surface area contributed by atoms with Crippen LogP contribution in [-0.4, -0.2) is 10.8 Å². The van der Waals surface area contributed by atoms with Gasteiger partial charge in [0.2, 0.25) is 5.78 Å². The van der Waals surface area contributed by atoms with E-state index >= 15 is 0 Å². The van der Waals surface area contributed by atoms with Crippen LogP contribution in [0.5, 0.6) is 5.75 Å². The van der Waals surface area contributed by atoms with Crippen LogP contribution in [0.1, 0.15) is 15.9 Å². The van der Waals surface area contributed by atoms with Gasteiger partial charge in [-0.2, -0.15) is 0 Å². The summed E-state index contributed by atoms with van der Waals surface area (Å²) >= 11 is 0. The summed E-state index contributed by atoms with van der Waals surface area (Å²) in [5, 5.41) is 3.43. The molecule has 0 unspecified atom stereocenters. The fourth-order valence-electron chi connectivity index (χ4n) is 4.15. The molecule has 6 rings (SSSR count). The highest BCUT2D eigenvalue weighted by Crippen LogP contribution is 2.37. The number of ketones is 1. The molecule has 4 aromatic carbocycles. The second-order valence-corrected chi connectivity index (χ2v) is 7.46. The van der Waals surface area contributed by atoms with Gasteiger partial charge >= 0.3 is 0 Å². The molecular formula is C27H17NO2. The van der Waals surface area contributed by atoms with Gasteiger partial charge in [0.1, 0.15) is 5.75 Å². The first kappa shape index (κ1) is 16.8. The average molecular weight is 387 g/mol. The zero-order valence-electron chi connectivity index (χ0n) is 16.1. The van der Waals surface area contributed by atoms with Gasteiger partial charge in [0, 0.05) is 16.5 Å².